The molecule has 5 heteroatoms. The summed E-state index contributed by atoms with van der Waals surface area (Å²) in [4.78, 5) is 26.1. The van der Waals surface area contributed by atoms with E-state index in [9.17, 15) is 14.7 Å². The van der Waals surface area contributed by atoms with Gasteiger partial charge < -0.3 is 14.7 Å². The van der Waals surface area contributed by atoms with Gasteiger partial charge in [-0.3, -0.25) is 9.59 Å². The summed E-state index contributed by atoms with van der Waals surface area (Å²) in [5, 5.41) is 9.40. The Balaban J connectivity index is 2.09. The zero-order chi connectivity index (χ0) is 15.6. The van der Waals surface area contributed by atoms with E-state index in [0.29, 0.717) is 25.3 Å². The molecule has 1 saturated carbocycles. The van der Waals surface area contributed by atoms with Crippen LogP contribution >= 0.6 is 0 Å². The van der Waals surface area contributed by atoms with E-state index < -0.39 is 11.9 Å². The minimum Gasteiger partial charge on any atom is -0.481 e. The van der Waals surface area contributed by atoms with Crippen molar-refractivity contribution in [3.63, 3.8) is 0 Å². The molecule has 2 unspecified atom stereocenters. The Morgan fingerprint density at radius 2 is 2.00 bits per heavy atom. The van der Waals surface area contributed by atoms with Crippen molar-refractivity contribution in [2.45, 2.75) is 51.6 Å². The van der Waals surface area contributed by atoms with Crippen LogP contribution in [0, 0.1) is 17.8 Å². The molecule has 2 aliphatic rings. The third-order valence-corrected chi connectivity index (χ3v) is 5.34. The Labute approximate surface area is 126 Å². The van der Waals surface area contributed by atoms with Crippen LogP contribution in [-0.2, 0) is 14.3 Å². The van der Waals surface area contributed by atoms with Gasteiger partial charge in [-0.25, -0.2) is 0 Å². The number of nitrogens with zero attached hydrogens (tertiary/aromatic N) is 1. The van der Waals surface area contributed by atoms with Crippen molar-refractivity contribution in [3.05, 3.63) is 0 Å². The SMILES string of the molecule is CCC1C[C@H](C(=O)N2CCCC(C)(OC)C2)[C@H](C(=O)O)C1. The van der Waals surface area contributed by atoms with Crippen LogP contribution in [0.3, 0.4) is 0 Å². The Hall–Kier alpha value is -1.10. The molecule has 0 aromatic carbocycles. The second-order valence-corrected chi connectivity index (χ2v) is 6.81. The molecule has 1 aliphatic carbocycles. The molecule has 120 valence electrons. The summed E-state index contributed by atoms with van der Waals surface area (Å²) in [6, 6.07) is 0. The van der Waals surface area contributed by atoms with Gasteiger partial charge in [-0.2, -0.15) is 0 Å². The number of ether oxygens (including phenoxy) is 1. The Morgan fingerprint density at radius 3 is 2.57 bits per heavy atom. The molecule has 1 N–H and O–H groups in total. The molecule has 1 heterocycles. The predicted octanol–water partition coefficient (Wildman–Crippen LogP) is 2.15. The molecule has 0 radical (unpaired) electrons. The fraction of sp³-hybridized carbons (Fsp3) is 0.875. The predicted molar refractivity (Wildman–Crippen MR) is 78.9 cm³/mol. The topological polar surface area (TPSA) is 66.8 Å². The zero-order valence-corrected chi connectivity index (χ0v) is 13.3. The average molecular weight is 297 g/mol. The molecule has 1 aliphatic heterocycles. The molecule has 0 bridgehead atoms. The number of carboxylic acids is 1. The van der Waals surface area contributed by atoms with Crippen LogP contribution in [0.15, 0.2) is 0 Å². The van der Waals surface area contributed by atoms with Gasteiger partial charge >= 0.3 is 5.97 Å². The number of aliphatic carboxylic acids is 1. The van der Waals surface area contributed by atoms with E-state index in [1.54, 1.807) is 7.11 Å². The van der Waals surface area contributed by atoms with Gasteiger partial charge in [0.1, 0.15) is 0 Å². The average Bonchev–Trinajstić information content (AvgIpc) is 2.91. The van der Waals surface area contributed by atoms with Crippen LogP contribution in [0.1, 0.15) is 46.0 Å². The van der Waals surface area contributed by atoms with E-state index in [2.05, 4.69) is 6.92 Å². The number of methoxy groups -OCH3 is 1. The summed E-state index contributed by atoms with van der Waals surface area (Å²) >= 11 is 0. The first kappa shape index (κ1) is 16.3. The van der Waals surface area contributed by atoms with Crippen LogP contribution in [0.25, 0.3) is 0 Å². The number of amides is 1. The monoisotopic (exact) mass is 297 g/mol. The summed E-state index contributed by atoms with van der Waals surface area (Å²) in [5.74, 6) is -1.32. The van der Waals surface area contributed by atoms with Gasteiger partial charge in [0.05, 0.1) is 17.4 Å². The minimum absolute atomic E-state index is 0.0151. The number of carbonyl (C=O) groups excluding carboxylic acids is 1. The first-order valence-electron chi connectivity index (χ1n) is 7.97. The smallest absolute Gasteiger partial charge is 0.307 e. The molecule has 1 saturated heterocycles. The maximum absolute atomic E-state index is 12.8. The van der Waals surface area contributed by atoms with Crippen molar-refractivity contribution < 1.29 is 19.4 Å². The molecule has 2 rings (SSSR count). The number of hydrogen-bond donors (Lipinski definition) is 1. The number of carboxylic acid groups (broad SMARTS) is 1. The Kier molecular flexibility index (Phi) is 4.91. The van der Waals surface area contributed by atoms with Gasteiger partial charge in [0.15, 0.2) is 0 Å². The fourth-order valence-corrected chi connectivity index (χ4v) is 3.82. The van der Waals surface area contributed by atoms with E-state index in [-0.39, 0.29) is 17.4 Å². The summed E-state index contributed by atoms with van der Waals surface area (Å²) < 4.78 is 5.53. The lowest BCUT2D eigenvalue weighted by molar-refractivity contribution is -0.152. The normalized spacial score (nSPS) is 36.7. The number of carbonyl (C=O) groups is 2. The van der Waals surface area contributed by atoms with Gasteiger partial charge in [-0.15, -0.1) is 0 Å². The highest BCUT2D eigenvalue weighted by Gasteiger charge is 2.45. The van der Waals surface area contributed by atoms with Crippen LogP contribution in [0.5, 0.6) is 0 Å². The van der Waals surface area contributed by atoms with Gasteiger partial charge in [0.2, 0.25) is 5.91 Å². The second-order valence-electron chi connectivity index (χ2n) is 6.81. The molecular weight excluding hydrogens is 270 g/mol. The number of hydrogen-bond acceptors (Lipinski definition) is 3. The van der Waals surface area contributed by atoms with E-state index in [1.165, 1.54) is 0 Å². The van der Waals surface area contributed by atoms with Crippen molar-refractivity contribution >= 4 is 11.9 Å². The quantitative estimate of drug-likeness (QED) is 0.863. The second kappa shape index (κ2) is 6.34. The molecule has 0 aromatic heterocycles. The summed E-state index contributed by atoms with van der Waals surface area (Å²) in [6.45, 7) is 5.38. The molecule has 0 spiro atoms. The Bertz CT molecular complexity index is 411. The number of piperidine rings is 1. The standard InChI is InChI=1S/C16H27NO4/c1-4-11-8-12(13(9-11)15(19)20)14(18)17-7-5-6-16(2,10-17)21-3/h11-13H,4-10H2,1-3H3,(H,19,20)/t11?,12-,13+,16?/m0/s1. The largest absolute Gasteiger partial charge is 0.481 e. The number of rotatable bonds is 4. The fourth-order valence-electron chi connectivity index (χ4n) is 3.82. The third-order valence-electron chi connectivity index (χ3n) is 5.34. The Morgan fingerprint density at radius 1 is 1.33 bits per heavy atom. The van der Waals surface area contributed by atoms with Crippen LogP contribution in [0.2, 0.25) is 0 Å². The van der Waals surface area contributed by atoms with Gasteiger partial charge in [-0.05, 0) is 38.5 Å². The summed E-state index contributed by atoms with van der Waals surface area (Å²) in [6.07, 6.45) is 4.16. The van der Waals surface area contributed by atoms with Gasteiger partial charge in [-0.1, -0.05) is 13.3 Å². The molecule has 4 atom stereocenters. The van der Waals surface area contributed by atoms with Crippen molar-refractivity contribution in [1.82, 2.24) is 4.90 Å². The minimum atomic E-state index is -0.823. The lowest BCUT2D eigenvalue weighted by Crippen LogP contribution is -2.51. The van der Waals surface area contributed by atoms with Crippen molar-refractivity contribution in [3.8, 4) is 0 Å². The van der Waals surface area contributed by atoms with Crippen LogP contribution in [-0.4, -0.2) is 47.7 Å². The zero-order valence-electron chi connectivity index (χ0n) is 13.3. The highest BCUT2D eigenvalue weighted by atomic mass is 16.5. The van der Waals surface area contributed by atoms with Crippen molar-refractivity contribution in [1.29, 1.82) is 0 Å². The molecule has 2 fully saturated rings. The van der Waals surface area contributed by atoms with Crippen LogP contribution in [0.4, 0.5) is 0 Å². The summed E-state index contributed by atoms with van der Waals surface area (Å²) in [7, 11) is 1.68. The van der Waals surface area contributed by atoms with E-state index in [0.717, 1.165) is 25.8 Å². The first-order chi connectivity index (χ1) is 9.90. The van der Waals surface area contributed by atoms with E-state index >= 15 is 0 Å². The highest BCUT2D eigenvalue weighted by molar-refractivity contribution is 5.85. The van der Waals surface area contributed by atoms with Gasteiger partial charge in [0.25, 0.3) is 0 Å². The molecule has 1 amide bonds. The molecule has 21 heavy (non-hydrogen) atoms. The van der Waals surface area contributed by atoms with Crippen LogP contribution < -0.4 is 0 Å². The van der Waals surface area contributed by atoms with Gasteiger partial charge in [0, 0.05) is 20.2 Å². The molecular formula is C16H27NO4. The van der Waals surface area contributed by atoms with E-state index in [4.69, 9.17) is 4.74 Å². The third kappa shape index (κ3) is 3.39. The molecule has 0 aromatic rings. The lowest BCUT2D eigenvalue weighted by Gasteiger charge is -2.40. The van der Waals surface area contributed by atoms with Crippen molar-refractivity contribution in [2.24, 2.45) is 17.8 Å². The first-order valence-corrected chi connectivity index (χ1v) is 7.97. The lowest BCUT2D eigenvalue weighted by atomic mass is 9.90. The maximum Gasteiger partial charge on any atom is 0.307 e. The van der Waals surface area contributed by atoms with Crippen molar-refractivity contribution in [2.75, 3.05) is 20.2 Å². The molecule has 5 nitrogen and oxygen atoms in total. The summed E-state index contributed by atoms with van der Waals surface area (Å²) in [5.41, 5.74) is -0.296. The maximum atomic E-state index is 12.8. The highest BCUT2D eigenvalue weighted by Crippen LogP contribution is 2.40. The van der Waals surface area contributed by atoms with E-state index in [1.807, 2.05) is 11.8 Å². The number of likely N-dealkylation sites (tertiary alicyclic amines) is 1.